The van der Waals surface area contributed by atoms with Crippen molar-refractivity contribution in [1.82, 2.24) is 14.5 Å². The molecule has 3 heterocycles. The van der Waals surface area contributed by atoms with Crippen LogP contribution in [0, 0.1) is 0 Å². The molecule has 1 amide bonds. The zero-order valence-corrected chi connectivity index (χ0v) is 19.3. The van der Waals surface area contributed by atoms with E-state index in [1.165, 1.54) is 5.56 Å². The van der Waals surface area contributed by atoms with E-state index in [4.69, 9.17) is 26.4 Å². The number of anilines is 1. The van der Waals surface area contributed by atoms with E-state index in [2.05, 4.69) is 46.1 Å². The van der Waals surface area contributed by atoms with E-state index in [1.54, 1.807) is 12.1 Å². The van der Waals surface area contributed by atoms with Gasteiger partial charge in [0, 0.05) is 30.9 Å². The van der Waals surface area contributed by atoms with E-state index in [-0.39, 0.29) is 12.2 Å². The number of likely N-dealkylation sites (tertiary alicyclic amines) is 1. The van der Waals surface area contributed by atoms with Crippen molar-refractivity contribution in [3.05, 3.63) is 70.6 Å². The minimum Gasteiger partial charge on any atom is -0.465 e. The number of ether oxygens (including phenoxy) is 1. The lowest BCUT2D eigenvalue weighted by molar-refractivity contribution is -0.0275. The van der Waals surface area contributed by atoms with E-state index in [0.717, 1.165) is 55.8 Å². The number of hydrogen-bond donors (Lipinski definition) is 2. The molecule has 8 heteroatoms. The van der Waals surface area contributed by atoms with Gasteiger partial charge in [-0.15, -0.1) is 0 Å². The van der Waals surface area contributed by atoms with Crippen LogP contribution in [-0.4, -0.2) is 51.9 Å². The standard InChI is InChI=1S/C25H27ClN4O3/c1-29-13-11-19(12-14-29)33-22-20-5-3-2-4-16(20)10-15-30-23(26)21(28-24(22)30)17-6-8-18(9-7-17)27-25(31)32/h2-9,19,22,27H,10-15H2,1H3,(H,31,32). The summed E-state index contributed by atoms with van der Waals surface area (Å²) < 4.78 is 8.81. The molecule has 2 aliphatic rings. The molecule has 1 aromatic heterocycles. The summed E-state index contributed by atoms with van der Waals surface area (Å²) >= 11 is 6.87. The van der Waals surface area contributed by atoms with Crippen molar-refractivity contribution in [3.63, 3.8) is 0 Å². The van der Waals surface area contributed by atoms with Crippen LogP contribution < -0.4 is 5.32 Å². The Morgan fingerprint density at radius 1 is 1.12 bits per heavy atom. The van der Waals surface area contributed by atoms with Crippen LogP contribution in [0.1, 0.15) is 35.9 Å². The quantitative estimate of drug-likeness (QED) is 0.562. The maximum atomic E-state index is 10.9. The number of carbonyl (C=O) groups is 1. The molecule has 0 bridgehead atoms. The monoisotopic (exact) mass is 466 g/mol. The zero-order chi connectivity index (χ0) is 22.9. The maximum Gasteiger partial charge on any atom is 0.409 e. The number of nitrogens with one attached hydrogen (secondary N) is 1. The fraction of sp³-hybridized carbons (Fsp3) is 0.360. The van der Waals surface area contributed by atoms with E-state index in [9.17, 15) is 4.79 Å². The van der Waals surface area contributed by atoms with E-state index >= 15 is 0 Å². The molecule has 1 fully saturated rings. The SMILES string of the molecule is CN1CCC(OC2c3ccccc3CCn3c2nc(-c2ccc(NC(=O)O)cc2)c3Cl)CC1. The third-order valence-electron chi connectivity index (χ3n) is 6.52. The highest BCUT2D eigenvalue weighted by Crippen LogP contribution is 2.39. The van der Waals surface area contributed by atoms with Crippen LogP contribution in [0.15, 0.2) is 48.5 Å². The first kappa shape index (κ1) is 21.9. The number of fused-ring (bicyclic) bond motifs is 2. The van der Waals surface area contributed by atoms with Gasteiger partial charge in [-0.3, -0.25) is 5.32 Å². The molecule has 1 atom stereocenters. The van der Waals surface area contributed by atoms with Crippen molar-refractivity contribution < 1.29 is 14.6 Å². The Bertz CT molecular complexity index is 1150. The molecule has 5 rings (SSSR count). The first-order chi connectivity index (χ1) is 16.0. The van der Waals surface area contributed by atoms with Crippen LogP contribution in [0.25, 0.3) is 11.3 Å². The van der Waals surface area contributed by atoms with Crippen molar-refractivity contribution in [1.29, 1.82) is 0 Å². The fourth-order valence-electron chi connectivity index (χ4n) is 4.72. The number of nitrogens with zero attached hydrogens (tertiary/aromatic N) is 3. The van der Waals surface area contributed by atoms with Crippen LogP contribution in [0.2, 0.25) is 5.15 Å². The minimum atomic E-state index is -1.10. The smallest absolute Gasteiger partial charge is 0.409 e. The number of aromatic nitrogens is 2. The number of halogens is 1. The van der Waals surface area contributed by atoms with Gasteiger partial charge in [-0.25, -0.2) is 9.78 Å². The number of carboxylic acid groups (broad SMARTS) is 1. The largest absolute Gasteiger partial charge is 0.465 e. The predicted octanol–water partition coefficient (Wildman–Crippen LogP) is 5.05. The third-order valence-corrected chi connectivity index (χ3v) is 6.90. The second-order valence-corrected chi connectivity index (χ2v) is 9.09. The molecule has 1 saturated heterocycles. The average molecular weight is 467 g/mol. The number of benzene rings is 2. The van der Waals surface area contributed by atoms with Crippen molar-refractivity contribution in [3.8, 4) is 11.3 Å². The van der Waals surface area contributed by atoms with Gasteiger partial charge in [0.25, 0.3) is 0 Å². The molecule has 2 N–H and O–H groups in total. The average Bonchev–Trinajstić information content (AvgIpc) is 3.05. The summed E-state index contributed by atoms with van der Waals surface area (Å²) in [5.41, 5.74) is 4.44. The van der Waals surface area contributed by atoms with Crippen LogP contribution in [0.3, 0.4) is 0 Å². The van der Waals surface area contributed by atoms with Gasteiger partial charge in [-0.05, 0) is 49.6 Å². The third kappa shape index (κ3) is 4.49. The number of aryl methyl sites for hydroxylation is 1. The highest BCUT2D eigenvalue weighted by atomic mass is 35.5. The Morgan fingerprint density at radius 3 is 2.58 bits per heavy atom. The maximum absolute atomic E-state index is 10.9. The highest BCUT2D eigenvalue weighted by molar-refractivity contribution is 6.32. The normalized spacial score (nSPS) is 18.9. The molecule has 1 unspecified atom stereocenters. The number of hydrogen-bond acceptors (Lipinski definition) is 4. The number of rotatable bonds is 4. The molecule has 3 aromatic rings. The van der Waals surface area contributed by atoms with Crippen LogP contribution in [0.5, 0.6) is 0 Å². The summed E-state index contributed by atoms with van der Waals surface area (Å²) in [7, 11) is 2.15. The second-order valence-electron chi connectivity index (χ2n) is 8.74. The lowest BCUT2D eigenvalue weighted by Gasteiger charge is -2.32. The van der Waals surface area contributed by atoms with Crippen LogP contribution in [0.4, 0.5) is 10.5 Å². The van der Waals surface area contributed by atoms with Gasteiger partial charge >= 0.3 is 6.09 Å². The first-order valence-electron chi connectivity index (χ1n) is 11.3. The zero-order valence-electron chi connectivity index (χ0n) is 18.5. The van der Waals surface area contributed by atoms with Crippen LogP contribution >= 0.6 is 11.6 Å². The summed E-state index contributed by atoms with van der Waals surface area (Å²) in [4.78, 5) is 18.2. The Morgan fingerprint density at radius 2 is 1.85 bits per heavy atom. The molecule has 0 spiro atoms. The lowest BCUT2D eigenvalue weighted by Crippen LogP contribution is -2.35. The van der Waals surface area contributed by atoms with Gasteiger partial charge in [0.1, 0.15) is 22.8 Å². The molecule has 7 nitrogen and oxygen atoms in total. The molecular weight excluding hydrogens is 440 g/mol. The van der Waals surface area contributed by atoms with Gasteiger partial charge in [0.15, 0.2) is 0 Å². The summed E-state index contributed by atoms with van der Waals surface area (Å²) in [6.07, 6.45) is 1.64. The van der Waals surface area contributed by atoms with E-state index in [1.807, 2.05) is 12.1 Å². The number of piperidine rings is 1. The Kier molecular flexibility index (Phi) is 6.10. The summed E-state index contributed by atoms with van der Waals surface area (Å²) in [5, 5.41) is 11.9. The Labute approximate surface area is 198 Å². The second kappa shape index (κ2) is 9.17. The molecular formula is C25H27ClN4O3. The van der Waals surface area contributed by atoms with E-state index < -0.39 is 6.09 Å². The molecule has 2 aliphatic heterocycles. The fourth-order valence-corrected chi connectivity index (χ4v) is 5.04. The lowest BCUT2D eigenvalue weighted by atomic mass is 10.00. The minimum absolute atomic E-state index is 0.172. The number of amides is 1. The van der Waals surface area contributed by atoms with Crippen molar-refractivity contribution in [2.24, 2.45) is 0 Å². The topological polar surface area (TPSA) is 79.6 Å². The van der Waals surface area contributed by atoms with Gasteiger partial charge in [-0.2, -0.15) is 0 Å². The summed E-state index contributed by atoms with van der Waals surface area (Å²) in [6.45, 7) is 2.77. The predicted molar refractivity (Wildman–Crippen MR) is 128 cm³/mol. The van der Waals surface area contributed by atoms with Gasteiger partial charge in [0.2, 0.25) is 0 Å². The molecule has 172 valence electrons. The Balaban J connectivity index is 1.52. The highest BCUT2D eigenvalue weighted by Gasteiger charge is 2.32. The Hall–Kier alpha value is -2.87. The van der Waals surface area contributed by atoms with Crippen molar-refractivity contribution in [2.45, 2.75) is 38.0 Å². The summed E-state index contributed by atoms with van der Waals surface area (Å²) in [5.74, 6) is 0.826. The van der Waals surface area contributed by atoms with Gasteiger partial charge in [-0.1, -0.05) is 48.0 Å². The molecule has 0 saturated carbocycles. The van der Waals surface area contributed by atoms with Crippen molar-refractivity contribution in [2.75, 3.05) is 25.5 Å². The van der Waals surface area contributed by atoms with E-state index in [0.29, 0.717) is 16.5 Å². The molecule has 2 aromatic carbocycles. The molecule has 33 heavy (non-hydrogen) atoms. The van der Waals surface area contributed by atoms with Gasteiger partial charge < -0.3 is 19.3 Å². The van der Waals surface area contributed by atoms with Crippen molar-refractivity contribution >= 4 is 23.4 Å². The molecule has 0 aliphatic carbocycles. The first-order valence-corrected chi connectivity index (χ1v) is 11.7. The van der Waals surface area contributed by atoms with Crippen LogP contribution in [-0.2, 0) is 17.7 Å². The molecule has 0 radical (unpaired) electrons. The number of imidazole rings is 1. The van der Waals surface area contributed by atoms with Gasteiger partial charge in [0.05, 0.1) is 6.10 Å². The summed E-state index contributed by atoms with van der Waals surface area (Å²) in [6, 6.07) is 15.5.